The Morgan fingerprint density at radius 2 is 1.88 bits per heavy atom. The van der Waals surface area contributed by atoms with Gasteiger partial charge in [0.2, 0.25) is 10.0 Å². The summed E-state index contributed by atoms with van der Waals surface area (Å²) in [6.45, 7) is 7.36. The fraction of sp³-hybridized carbons (Fsp3) is 1.00. The van der Waals surface area contributed by atoms with Gasteiger partial charge in [-0.1, -0.05) is 20.8 Å². The van der Waals surface area contributed by atoms with E-state index in [-0.39, 0.29) is 17.2 Å². The second kappa shape index (κ2) is 5.67. The van der Waals surface area contributed by atoms with Crippen molar-refractivity contribution in [3.05, 3.63) is 0 Å². The summed E-state index contributed by atoms with van der Waals surface area (Å²) in [6, 6.07) is 0.256. The van der Waals surface area contributed by atoms with Crippen LogP contribution in [0.3, 0.4) is 0 Å². The number of nitrogens with two attached hydrogens (primary N) is 1. The van der Waals surface area contributed by atoms with Crippen LogP contribution in [-0.4, -0.2) is 37.6 Å². The number of rotatable bonds is 7. The van der Waals surface area contributed by atoms with E-state index >= 15 is 0 Å². The first-order valence-corrected chi connectivity index (χ1v) is 8.07. The molecular weight excluding hydrogens is 236 g/mol. The van der Waals surface area contributed by atoms with E-state index in [9.17, 15) is 8.42 Å². The second-order valence-corrected chi connectivity index (χ2v) is 8.15. The van der Waals surface area contributed by atoms with Crippen LogP contribution in [0.15, 0.2) is 0 Å². The van der Waals surface area contributed by atoms with Crippen molar-refractivity contribution in [1.29, 1.82) is 0 Å². The molecule has 2 N–H and O–H groups in total. The first-order chi connectivity index (χ1) is 7.76. The van der Waals surface area contributed by atoms with Crippen molar-refractivity contribution < 1.29 is 8.42 Å². The average Bonchev–Trinajstić information content (AvgIpc) is 2.98. The Labute approximate surface area is 106 Å². The van der Waals surface area contributed by atoms with Crippen LogP contribution in [0.1, 0.15) is 46.5 Å². The fourth-order valence-electron chi connectivity index (χ4n) is 1.71. The van der Waals surface area contributed by atoms with E-state index in [0.717, 1.165) is 19.3 Å². The summed E-state index contributed by atoms with van der Waals surface area (Å²) in [6.07, 6.45) is 3.49. The van der Waals surface area contributed by atoms with Crippen LogP contribution in [-0.2, 0) is 10.0 Å². The molecule has 4 nitrogen and oxygen atoms in total. The zero-order valence-corrected chi connectivity index (χ0v) is 12.1. The van der Waals surface area contributed by atoms with E-state index < -0.39 is 10.0 Å². The Balaban J connectivity index is 2.58. The second-order valence-electron chi connectivity index (χ2n) is 6.11. The summed E-state index contributed by atoms with van der Waals surface area (Å²) in [5, 5.41) is 0. The molecule has 5 heteroatoms. The van der Waals surface area contributed by atoms with Gasteiger partial charge in [0.25, 0.3) is 0 Å². The van der Waals surface area contributed by atoms with Gasteiger partial charge in [-0.3, -0.25) is 0 Å². The maximum atomic E-state index is 12.2. The van der Waals surface area contributed by atoms with E-state index in [1.807, 2.05) is 0 Å². The Morgan fingerprint density at radius 1 is 1.29 bits per heavy atom. The molecule has 0 bridgehead atoms. The maximum absolute atomic E-state index is 12.2. The molecule has 0 aromatic carbocycles. The van der Waals surface area contributed by atoms with Gasteiger partial charge in [-0.2, -0.15) is 4.31 Å². The Bertz CT molecular complexity index is 329. The van der Waals surface area contributed by atoms with Crippen molar-refractivity contribution in [1.82, 2.24) is 4.31 Å². The zero-order valence-electron chi connectivity index (χ0n) is 11.3. The highest BCUT2D eigenvalue weighted by atomic mass is 32.2. The summed E-state index contributed by atoms with van der Waals surface area (Å²) in [4.78, 5) is 0. The first kappa shape index (κ1) is 14.9. The largest absolute Gasteiger partial charge is 0.330 e. The molecule has 1 aliphatic rings. The minimum atomic E-state index is -3.09. The van der Waals surface area contributed by atoms with Crippen molar-refractivity contribution >= 4 is 10.0 Å². The first-order valence-electron chi connectivity index (χ1n) is 6.46. The van der Waals surface area contributed by atoms with Gasteiger partial charge in [0, 0.05) is 12.6 Å². The molecule has 0 aromatic heterocycles. The zero-order chi connectivity index (χ0) is 13.1. The molecule has 0 spiro atoms. The minimum absolute atomic E-state index is 0.0656. The Morgan fingerprint density at radius 3 is 2.29 bits per heavy atom. The van der Waals surface area contributed by atoms with Gasteiger partial charge < -0.3 is 5.73 Å². The van der Waals surface area contributed by atoms with Crippen LogP contribution < -0.4 is 5.73 Å². The molecule has 0 atom stereocenters. The normalized spacial score (nSPS) is 17.7. The van der Waals surface area contributed by atoms with Crippen LogP contribution in [0.2, 0.25) is 0 Å². The standard InChI is InChI=1S/C12H26N2O2S/c1-12(2,3)7-10-17(15,16)14(9-4-8-13)11-5-6-11/h11H,4-10,13H2,1-3H3. The summed E-state index contributed by atoms with van der Waals surface area (Å²) in [5.41, 5.74) is 5.53. The highest BCUT2D eigenvalue weighted by Gasteiger charge is 2.36. The predicted octanol–water partition coefficient (Wildman–Crippen LogP) is 1.57. The molecule has 1 rings (SSSR count). The summed E-state index contributed by atoms with van der Waals surface area (Å²) >= 11 is 0. The molecular formula is C12H26N2O2S. The molecule has 0 amide bonds. The van der Waals surface area contributed by atoms with Gasteiger partial charge >= 0.3 is 0 Å². The highest BCUT2D eigenvalue weighted by molar-refractivity contribution is 7.89. The van der Waals surface area contributed by atoms with Crippen LogP contribution in [0.5, 0.6) is 0 Å². The smallest absolute Gasteiger partial charge is 0.214 e. The van der Waals surface area contributed by atoms with Gasteiger partial charge in [0.05, 0.1) is 5.75 Å². The topological polar surface area (TPSA) is 63.4 Å². The van der Waals surface area contributed by atoms with Crippen molar-refractivity contribution in [2.75, 3.05) is 18.8 Å². The molecule has 0 saturated heterocycles. The molecule has 0 aromatic rings. The van der Waals surface area contributed by atoms with E-state index in [0.29, 0.717) is 19.5 Å². The number of sulfonamides is 1. The summed E-state index contributed by atoms with van der Waals surface area (Å²) < 4.78 is 26.2. The van der Waals surface area contributed by atoms with Gasteiger partial charge in [-0.25, -0.2) is 8.42 Å². The molecule has 17 heavy (non-hydrogen) atoms. The van der Waals surface area contributed by atoms with Crippen LogP contribution in [0.25, 0.3) is 0 Å². The maximum Gasteiger partial charge on any atom is 0.214 e. The van der Waals surface area contributed by atoms with E-state index in [1.54, 1.807) is 4.31 Å². The van der Waals surface area contributed by atoms with Crippen LogP contribution in [0.4, 0.5) is 0 Å². The molecule has 1 saturated carbocycles. The Kier molecular flexibility index (Phi) is 4.98. The minimum Gasteiger partial charge on any atom is -0.330 e. The number of hydrogen-bond acceptors (Lipinski definition) is 3. The third-order valence-corrected chi connectivity index (χ3v) is 4.92. The molecule has 1 aliphatic carbocycles. The van der Waals surface area contributed by atoms with Crippen LogP contribution >= 0.6 is 0 Å². The van der Waals surface area contributed by atoms with Crippen molar-refractivity contribution in [2.45, 2.75) is 52.5 Å². The third-order valence-electron chi connectivity index (χ3n) is 3.00. The molecule has 0 heterocycles. The molecule has 0 aliphatic heterocycles. The van der Waals surface area contributed by atoms with E-state index in [2.05, 4.69) is 20.8 Å². The van der Waals surface area contributed by atoms with Crippen molar-refractivity contribution in [3.8, 4) is 0 Å². The lowest BCUT2D eigenvalue weighted by Crippen LogP contribution is -2.37. The summed E-state index contributed by atoms with van der Waals surface area (Å²) in [5.74, 6) is 0.261. The lowest BCUT2D eigenvalue weighted by molar-refractivity contribution is 0.372. The van der Waals surface area contributed by atoms with Gasteiger partial charge in [0.15, 0.2) is 0 Å². The van der Waals surface area contributed by atoms with Crippen molar-refractivity contribution in [2.24, 2.45) is 11.1 Å². The predicted molar refractivity (Wildman–Crippen MR) is 71.3 cm³/mol. The quantitative estimate of drug-likeness (QED) is 0.757. The monoisotopic (exact) mass is 262 g/mol. The van der Waals surface area contributed by atoms with Gasteiger partial charge in [-0.05, 0) is 37.6 Å². The fourth-order valence-corrected chi connectivity index (χ4v) is 3.89. The van der Waals surface area contributed by atoms with E-state index in [4.69, 9.17) is 5.73 Å². The van der Waals surface area contributed by atoms with Crippen molar-refractivity contribution in [3.63, 3.8) is 0 Å². The van der Waals surface area contributed by atoms with Gasteiger partial charge in [-0.15, -0.1) is 0 Å². The van der Waals surface area contributed by atoms with Gasteiger partial charge in [0.1, 0.15) is 0 Å². The lowest BCUT2D eigenvalue weighted by Gasteiger charge is -2.24. The number of hydrogen-bond donors (Lipinski definition) is 1. The molecule has 102 valence electrons. The van der Waals surface area contributed by atoms with Crippen LogP contribution in [0, 0.1) is 5.41 Å². The van der Waals surface area contributed by atoms with E-state index in [1.165, 1.54) is 0 Å². The number of nitrogens with zero attached hydrogens (tertiary/aromatic N) is 1. The SMILES string of the molecule is CC(C)(C)CCS(=O)(=O)N(CCCN)C1CC1. The Hall–Kier alpha value is -0.130. The summed E-state index contributed by atoms with van der Waals surface area (Å²) in [7, 11) is -3.09. The molecule has 0 radical (unpaired) electrons. The average molecular weight is 262 g/mol. The lowest BCUT2D eigenvalue weighted by atomic mass is 9.94. The molecule has 0 unspecified atom stereocenters. The highest BCUT2D eigenvalue weighted by Crippen LogP contribution is 2.30. The molecule has 1 fully saturated rings. The third kappa shape index (κ3) is 5.36.